The van der Waals surface area contributed by atoms with Gasteiger partial charge in [0.05, 0.1) is 0 Å². The Balaban J connectivity index is 0.00000190. The summed E-state index contributed by atoms with van der Waals surface area (Å²) in [5, 5.41) is 0. The van der Waals surface area contributed by atoms with Crippen molar-refractivity contribution in [1.82, 2.24) is 0 Å². The van der Waals surface area contributed by atoms with Crippen LogP contribution in [-0.2, 0) is 26.4 Å². The fraction of sp³-hybridized carbons (Fsp3) is 0.576. The summed E-state index contributed by atoms with van der Waals surface area (Å²) in [7, 11) is 0. The van der Waals surface area contributed by atoms with Crippen LogP contribution in [0, 0.1) is 34.5 Å². The van der Waals surface area contributed by atoms with Crippen LogP contribution < -0.4 is 24.8 Å². The van der Waals surface area contributed by atoms with E-state index in [0.717, 1.165) is 30.9 Å². The van der Waals surface area contributed by atoms with Crippen LogP contribution in [0.25, 0.3) is 0 Å². The van der Waals surface area contributed by atoms with Crippen LogP contribution >= 0.6 is 0 Å². The molecule has 0 radical (unpaired) electrons. The Labute approximate surface area is 248 Å². The third-order valence-electron chi connectivity index (χ3n) is 10.0. The molecule has 4 aliphatic rings. The maximum atomic E-state index is 2.64. The second-order valence-electron chi connectivity index (χ2n) is 13.5. The fourth-order valence-corrected chi connectivity index (χ4v) is 30.9. The fourth-order valence-electron chi connectivity index (χ4n) is 8.08. The zero-order chi connectivity index (χ0) is 24.8. The molecule has 6 unspecified atom stereocenters. The van der Waals surface area contributed by atoms with Gasteiger partial charge in [-0.2, -0.15) is 0 Å². The van der Waals surface area contributed by atoms with E-state index in [-0.39, 0.29) is 24.8 Å². The average molecular weight is 633 g/mol. The molecule has 1 aromatic carbocycles. The Kier molecular flexibility index (Phi) is 10.7. The third kappa shape index (κ3) is 6.29. The van der Waals surface area contributed by atoms with E-state index in [9.17, 15) is 0 Å². The summed E-state index contributed by atoms with van der Waals surface area (Å²) >= 11 is -1.88. The number of fused-ring (bicyclic) bond motifs is 2. The van der Waals surface area contributed by atoms with Crippen molar-refractivity contribution in [2.24, 2.45) is 34.5 Å². The first kappa shape index (κ1) is 31.4. The molecule has 0 bridgehead atoms. The Morgan fingerprint density at radius 3 is 1.68 bits per heavy atom. The molecule has 5 rings (SSSR count). The molecule has 0 amide bonds. The predicted molar refractivity (Wildman–Crippen MR) is 151 cm³/mol. The monoisotopic (exact) mass is 630 g/mol. The van der Waals surface area contributed by atoms with Crippen LogP contribution in [0.4, 0.5) is 0 Å². The summed E-state index contributed by atoms with van der Waals surface area (Å²) in [6, 6.07) is 12.8. The van der Waals surface area contributed by atoms with Gasteiger partial charge in [0.1, 0.15) is 0 Å². The summed E-state index contributed by atoms with van der Waals surface area (Å²) in [6.07, 6.45) is 20.9. The Morgan fingerprint density at radius 1 is 0.757 bits per heavy atom. The summed E-state index contributed by atoms with van der Waals surface area (Å²) < 4.78 is 1.87. The molecule has 0 aliphatic heterocycles. The summed E-state index contributed by atoms with van der Waals surface area (Å²) in [5.41, 5.74) is 6.19. The Morgan fingerprint density at radius 2 is 1.22 bits per heavy atom. The number of halogens is 2. The second-order valence-corrected chi connectivity index (χ2v) is 26.7. The molecule has 1 aromatic rings. The molecule has 0 saturated heterocycles. The SMILES string of the molecule is CC1CC2C(=CC=CCC2(C)C)[CH]1[Zr+2](=[SiH]Cc1ccccc1)[CH]1C2=CC=CCC(C)(C)C2CC1C.[Cl-].[Cl-]. The van der Waals surface area contributed by atoms with E-state index in [1.54, 1.807) is 5.56 Å². The first-order chi connectivity index (χ1) is 16.7. The van der Waals surface area contributed by atoms with E-state index in [4.69, 9.17) is 0 Å². The summed E-state index contributed by atoms with van der Waals surface area (Å²) in [6.45, 7) is 15.5. The smallest absolute Gasteiger partial charge is 1.00 e. The van der Waals surface area contributed by atoms with Crippen molar-refractivity contribution in [2.45, 2.75) is 80.5 Å². The molecule has 4 aliphatic carbocycles. The summed E-state index contributed by atoms with van der Waals surface area (Å²) in [5.74, 6) is 3.32. The minimum Gasteiger partial charge on any atom is -1.00 e. The maximum Gasteiger partial charge on any atom is -1.00 e. The van der Waals surface area contributed by atoms with Crippen molar-refractivity contribution in [3.63, 3.8) is 0 Å². The molecule has 0 aromatic heterocycles. The molecular weight excluding hydrogens is 587 g/mol. The quantitative estimate of drug-likeness (QED) is 0.449. The topological polar surface area (TPSA) is 0 Å². The molecule has 2 fully saturated rings. The molecular formula is C33H46Cl2SiZr. The van der Waals surface area contributed by atoms with Gasteiger partial charge in [0.2, 0.25) is 0 Å². The zero-order valence-electron chi connectivity index (χ0n) is 23.7. The number of rotatable bonds is 4. The molecule has 37 heavy (non-hydrogen) atoms. The van der Waals surface area contributed by atoms with Crippen LogP contribution in [-0.4, -0.2) is 6.16 Å². The van der Waals surface area contributed by atoms with Crippen LogP contribution in [0.2, 0.25) is 7.25 Å². The molecule has 6 atom stereocenters. The van der Waals surface area contributed by atoms with Gasteiger partial charge in [-0.25, -0.2) is 0 Å². The molecule has 200 valence electrons. The molecule has 0 nitrogen and oxygen atoms in total. The van der Waals surface area contributed by atoms with Crippen LogP contribution in [0.3, 0.4) is 0 Å². The van der Waals surface area contributed by atoms with E-state index in [1.165, 1.54) is 31.7 Å². The standard InChI is InChI=1S/2C13H19.C7H8Si.2ClH.Zr/c2*1-10-8-11-6-4-5-7-13(2,3)12(11)9-10;8-6-7-4-2-1-3-5-7;;;/h2*4-6,8,10,12H,7,9H2,1-3H3;1-5,8H,6H2;2*1H;/q;;;;;+2/p-2. The normalized spacial score (nSPS) is 32.7. The molecule has 0 spiro atoms. The van der Waals surface area contributed by atoms with Crippen molar-refractivity contribution < 1.29 is 45.2 Å². The van der Waals surface area contributed by atoms with E-state index >= 15 is 0 Å². The van der Waals surface area contributed by atoms with Gasteiger partial charge in [-0.3, -0.25) is 0 Å². The second kappa shape index (κ2) is 12.6. The van der Waals surface area contributed by atoms with Crippen molar-refractivity contribution >= 4 is 6.16 Å². The summed E-state index contributed by atoms with van der Waals surface area (Å²) in [4.78, 5) is 0. The maximum absolute atomic E-state index is 2.64. The van der Waals surface area contributed by atoms with Crippen molar-refractivity contribution in [3.8, 4) is 0 Å². The van der Waals surface area contributed by atoms with Gasteiger partial charge >= 0.3 is 225 Å². The number of allylic oxidation sites excluding steroid dienone is 8. The minimum atomic E-state index is -1.88. The number of hydrogen-bond donors (Lipinski definition) is 0. The number of hydrogen-bond acceptors (Lipinski definition) is 0. The van der Waals surface area contributed by atoms with Gasteiger partial charge in [-0.1, -0.05) is 0 Å². The van der Waals surface area contributed by atoms with Crippen molar-refractivity contribution in [3.05, 3.63) is 83.5 Å². The molecule has 0 N–H and O–H groups in total. The third-order valence-corrected chi connectivity index (χ3v) is 28.4. The Bertz CT molecular complexity index is 1030. The molecule has 4 heteroatoms. The van der Waals surface area contributed by atoms with E-state index in [2.05, 4.69) is 108 Å². The van der Waals surface area contributed by atoms with Gasteiger partial charge in [-0.15, -0.1) is 0 Å². The van der Waals surface area contributed by atoms with Crippen LogP contribution in [0.5, 0.6) is 0 Å². The average Bonchev–Trinajstić information content (AvgIpc) is 3.23. The molecule has 0 heterocycles. The van der Waals surface area contributed by atoms with Crippen LogP contribution in [0.1, 0.15) is 72.8 Å². The van der Waals surface area contributed by atoms with E-state index in [1.807, 2.05) is 11.1 Å². The van der Waals surface area contributed by atoms with Crippen LogP contribution in [0.15, 0.2) is 77.9 Å². The van der Waals surface area contributed by atoms with Gasteiger partial charge in [0, 0.05) is 0 Å². The van der Waals surface area contributed by atoms with Gasteiger partial charge in [0.15, 0.2) is 0 Å². The number of benzene rings is 1. The van der Waals surface area contributed by atoms with Gasteiger partial charge in [-0.05, 0) is 0 Å². The Hall–Kier alpha value is -0.140. The minimum absolute atomic E-state index is 0. The molecule has 2 saturated carbocycles. The van der Waals surface area contributed by atoms with Crippen molar-refractivity contribution in [2.75, 3.05) is 0 Å². The first-order valence-corrected chi connectivity index (χ1v) is 22.6. The van der Waals surface area contributed by atoms with E-state index in [0.29, 0.717) is 17.0 Å². The van der Waals surface area contributed by atoms with E-state index < -0.39 is 20.4 Å². The van der Waals surface area contributed by atoms with Gasteiger partial charge in [0.25, 0.3) is 0 Å². The zero-order valence-corrected chi connectivity index (χ0v) is 28.8. The van der Waals surface area contributed by atoms with Gasteiger partial charge < -0.3 is 24.8 Å². The van der Waals surface area contributed by atoms with Crippen molar-refractivity contribution in [1.29, 1.82) is 0 Å². The first-order valence-electron chi connectivity index (χ1n) is 14.2. The predicted octanol–water partition coefficient (Wildman–Crippen LogP) is 2.88. The largest absolute Gasteiger partial charge is 1.00 e.